The van der Waals surface area contributed by atoms with Crippen molar-refractivity contribution in [2.45, 2.75) is 6.92 Å². The van der Waals surface area contributed by atoms with Crippen LogP contribution in [0.25, 0.3) is 10.9 Å². The Hall–Kier alpha value is -2.86. The minimum atomic E-state index is 0.379. The van der Waals surface area contributed by atoms with Gasteiger partial charge in [-0.3, -0.25) is 5.43 Å². The van der Waals surface area contributed by atoms with E-state index < -0.39 is 0 Å². The van der Waals surface area contributed by atoms with Crippen molar-refractivity contribution in [2.75, 3.05) is 5.32 Å². The molecule has 5 nitrogen and oxygen atoms in total. The molecule has 0 radical (unpaired) electrons. The highest BCUT2D eigenvalue weighted by Crippen LogP contribution is 2.12. The Kier molecular flexibility index (Phi) is 4.54. The van der Waals surface area contributed by atoms with Crippen LogP contribution in [0.1, 0.15) is 12.6 Å². The molecule has 0 saturated heterocycles. The molecule has 0 aliphatic rings. The van der Waals surface area contributed by atoms with E-state index in [0.717, 1.165) is 22.3 Å². The van der Waals surface area contributed by atoms with Crippen molar-refractivity contribution in [3.63, 3.8) is 0 Å². The van der Waals surface area contributed by atoms with Gasteiger partial charge >= 0.3 is 0 Å². The van der Waals surface area contributed by atoms with Crippen molar-refractivity contribution in [3.05, 3.63) is 66.5 Å². The fourth-order valence-electron chi connectivity index (χ4n) is 2.04. The number of nitrogens with zero attached hydrogens (tertiary/aromatic N) is 3. The van der Waals surface area contributed by atoms with Gasteiger partial charge < -0.3 is 5.32 Å². The smallest absolute Gasteiger partial charge is 0.192 e. The summed E-state index contributed by atoms with van der Waals surface area (Å²) in [4.78, 5) is 8.73. The van der Waals surface area contributed by atoms with Crippen LogP contribution in [0.2, 0.25) is 0 Å². The summed E-state index contributed by atoms with van der Waals surface area (Å²) in [6.07, 6.45) is 1.69. The number of hydrazone groups is 1. The van der Waals surface area contributed by atoms with Crippen molar-refractivity contribution in [1.29, 1.82) is 0 Å². The first-order valence-electron chi connectivity index (χ1n) is 7.11. The van der Waals surface area contributed by atoms with E-state index in [-0.39, 0.29) is 0 Å². The van der Waals surface area contributed by atoms with Crippen molar-refractivity contribution >= 4 is 39.8 Å². The highest BCUT2D eigenvalue weighted by Gasteiger charge is 2.02. The standard InChI is InChI=1S/C17H15N5S/c1-12(14-10-9-13-6-2-3-7-15(13)19-14)21-22-17(23)20-16-8-4-5-11-18-16/h2-11H,1H3,(H2,18,20,22,23)/b21-12+. The molecule has 0 spiro atoms. The maximum atomic E-state index is 5.19. The number of para-hydroxylation sites is 1. The minimum Gasteiger partial charge on any atom is -0.316 e. The van der Waals surface area contributed by atoms with Crippen molar-refractivity contribution in [2.24, 2.45) is 5.10 Å². The molecule has 0 unspecified atom stereocenters. The lowest BCUT2D eigenvalue weighted by Gasteiger charge is -2.07. The largest absolute Gasteiger partial charge is 0.316 e. The minimum absolute atomic E-state index is 0.379. The molecule has 0 amide bonds. The van der Waals surface area contributed by atoms with Crippen LogP contribution in [0.15, 0.2) is 65.9 Å². The Labute approximate surface area is 139 Å². The number of thiocarbonyl (C=S) groups is 1. The molecule has 0 aliphatic carbocycles. The monoisotopic (exact) mass is 321 g/mol. The maximum Gasteiger partial charge on any atom is 0.192 e. The number of nitrogens with one attached hydrogen (secondary N) is 2. The van der Waals surface area contributed by atoms with Gasteiger partial charge in [0.2, 0.25) is 0 Å². The van der Waals surface area contributed by atoms with Gasteiger partial charge in [-0.1, -0.05) is 30.3 Å². The zero-order valence-electron chi connectivity index (χ0n) is 12.5. The molecular weight excluding hydrogens is 306 g/mol. The van der Waals surface area contributed by atoms with Gasteiger partial charge in [0.1, 0.15) is 5.82 Å². The normalized spacial score (nSPS) is 11.3. The van der Waals surface area contributed by atoms with Gasteiger partial charge in [-0.15, -0.1) is 0 Å². The van der Waals surface area contributed by atoms with Crippen LogP contribution in [0, 0.1) is 0 Å². The molecule has 3 rings (SSSR count). The van der Waals surface area contributed by atoms with Crippen LogP contribution >= 0.6 is 12.2 Å². The number of hydrogen-bond donors (Lipinski definition) is 2. The van der Waals surface area contributed by atoms with Crippen LogP contribution < -0.4 is 10.7 Å². The van der Waals surface area contributed by atoms with Crippen LogP contribution in [-0.2, 0) is 0 Å². The summed E-state index contributed by atoms with van der Waals surface area (Å²) in [5.41, 5.74) is 5.30. The number of hydrogen-bond acceptors (Lipinski definition) is 4. The van der Waals surface area contributed by atoms with E-state index in [1.54, 1.807) is 6.20 Å². The average molecular weight is 321 g/mol. The van der Waals surface area contributed by atoms with E-state index in [1.807, 2.05) is 61.5 Å². The topological polar surface area (TPSA) is 62.2 Å². The molecule has 6 heteroatoms. The fourth-order valence-corrected chi connectivity index (χ4v) is 2.19. The van der Waals surface area contributed by atoms with Gasteiger partial charge in [-0.25, -0.2) is 9.97 Å². The van der Waals surface area contributed by atoms with Gasteiger partial charge in [0.05, 0.1) is 16.9 Å². The average Bonchev–Trinajstić information content (AvgIpc) is 2.60. The zero-order valence-corrected chi connectivity index (χ0v) is 13.3. The van der Waals surface area contributed by atoms with E-state index in [9.17, 15) is 0 Å². The van der Waals surface area contributed by atoms with Gasteiger partial charge in [0.15, 0.2) is 5.11 Å². The molecule has 0 fully saturated rings. The molecule has 0 aliphatic heterocycles. The Balaban J connectivity index is 1.69. The Morgan fingerprint density at radius 1 is 1.04 bits per heavy atom. The molecule has 0 atom stereocenters. The summed E-state index contributed by atoms with van der Waals surface area (Å²) in [7, 11) is 0. The Morgan fingerprint density at radius 3 is 2.70 bits per heavy atom. The van der Waals surface area contributed by atoms with Crippen molar-refractivity contribution in [1.82, 2.24) is 15.4 Å². The SMILES string of the molecule is C/C(=N\NC(=S)Nc1ccccn1)c1ccc2ccccc2n1. The molecule has 0 saturated carbocycles. The molecular formula is C17H15N5S. The summed E-state index contributed by atoms with van der Waals surface area (Å²) in [5, 5.41) is 8.71. The van der Waals surface area contributed by atoms with E-state index in [4.69, 9.17) is 12.2 Å². The Morgan fingerprint density at radius 2 is 1.87 bits per heavy atom. The summed E-state index contributed by atoms with van der Waals surface area (Å²) in [6.45, 7) is 1.88. The lowest BCUT2D eigenvalue weighted by atomic mass is 10.2. The van der Waals surface area contributed by atoms with E-state index in [1.165, 1.54) is 0 Å². The molecule has 0 bridgehead atoms. The number of pyridine rings is 2. The van der Waals surface area contributed by atoms with E-state index in [2.05, 4.69) is 25.8 Å². The first kappa shape index (κ1) is 15.1. The van der Waals surface area contributed by atoms with Crippen LogP contribution in [0.5, 0.6) is 0 Å². The van der Waals surface area contributed by atoms with Gasteiger partial charge in [-0.05, 0) is 43.4 Å². The zero-order chi connectivity index (χ0) is 16.1. The molecule has 3 aromatic rings. The predicted molar refractivity (Wildman–Crippen MR) is 97.5 cm³/mol. The van der Waals surface area contributed by atoms with Crippen LogP contribution in [0.3, 0.4) is 0 Å². The maximum absolute atomic E-state index is 5.19. The lowest BCUT2D eigenvalue weighted by Crippen LogP contribution is -2.25. The fraction of sp³-hybridized carbons (Fsp3) is 0.0588. The molecule has 2 aromatic heterocycles. The van der Waals surface area contributed by atoms with Crippen LogP contribution in [-0.4, -0.2) is 20.8 Å². The number of fused-ring (bicyclic) bond motifs is 1. The second-order valence-electron chi connectivity index (χ2n) is 4.87. The summed E-state index contributed by atoms with van der Waals surface area (Å²) in [5.74, 6) is 0.668. The summed E-state index contributed by atoms with van der Waals surface area (Å²) in [6, 6.07) is 17.5. The third kappa shape index (κ3) is 3.87. The third-order valence-electron chi connectivity index (χ3n) is 3.20. The van der Waals surface area contributed by atoms with Crippen molar-refractivity contribution < 1.29 is 0 Å². The molecule has 2 N–H and O–H groups in total. The molecule has 1 aromatic carbocycles. The number of benzene rings is 1. The number of anilines is 1. The van der Waals surface area contributed by atoms with E-state index in [0.29, 0.717) is 10.9 Å². The molecule has 23 heavy (non-hydrogen) atoms. The number of aromatic nitrogens is 2. The number of rotatable bonds is 3. The van der Waals surface area contributed by atoms with Crippen molar-refractivity contribution in [3.8, 4) is 0 Å². The second kappa shape index (κ2) is 6.93. The molecule has 2 heterocycles. The van der Waals surface area contributed by atoms with Crippen LogP contribution in [0.4, 0.5) is 5.82 Å². The quantitative estimate of drug-likeness (QED) is 0.440. The second-order valence-corrected chi connectivity index (χ2v) is 5.28. The summed E-state index contributed by atoms with van der Waals surface area (Å²) >= 11 is 5.19. The lowest BCUT2D eigenvalue weighted by molar-refractivity contribution is 1.03. The highest BCUT2D eigenvalue weighted by molar-refractivity contribution is 7.80. The third-order valence-corrected chi connectivity index (χ3v) is 3.39. The summed E-state index contributed by atoms with van der Waals surface area (Å²) < 4.78 is 0. The Bertz CT molecular complexity index is 861. The van der Waals surface area contributed by atoms with Gasteiger partial charge in [-0.2, -0.15) is 5.10 Å². The van der Waals surface area contributed by atoms with E-state index >= 15 is 0 Å². The predicted octanol–water partition coefficient (Wildman–Crippen LogP) is 3.34. The first-order valence-corrected chi connectivity index (χ1v) is 7.52. The van der Waals surface area contributed by atoms with Gasteiger partial charge in [0.25, 0.3) is 0 Å². The highest BCUT2D eigenvalue weighted by atomic mass is 32.1. The first-order chi connectivity index (χ1) is 11.2. The van der Waals surface area contributed by atoms with Gasteiger partial charge in [0, 0.05) is 11.6 Å². The molecule has 114 valence electrons.